The lowest BCUT2D eigenvalue weighted by Crippen LogP contribution is -2.31. The molecule has 1 aliphatic carbocycles. The summed E-state index contributed by atoms with van der Waals surface area (Å²) in [5.41, 5.74) is 0.0325. The monoisotopic (exact) mass is 306 g/mol. The number of nitrogens with zero attached hydrogens (tertiary/aromatic N) is 2. The molecule has 0 aromatic carbocycles. The maximum Gasteiger partial charge on any atom is 0.272 e. The molecule has 122 valence electrons. The minimum Gasteiger partial charge on any atom is -0.356 e. The Labute approximate surface area is 131 Å². The van der Waals surface area contributed by atoms with Gasteiger partial charge in [0.15, 0.2) is 0 Å². The minimum atomic E-state index is -0.222. The summed E-state index contributed by atoms with van der Waals surface area (Å²) in [5.74, 6) is 0.936. The Morgan fingerprint density at radius 1 is 1.27 bits per heavy atom. The van der Waals surface area contributed by atoms with E-state index in [2.05, 4.69) is 20.5 Å². The van der Waals surface area contributed by atoms with Gasteiger partial charge in [-0.2, -0.15) is 0 Å². The van der Waals surface area contributed by atoms with Crippen molar-refractivity contribution in [2.75, 3.05) is 6.54 Å². The molecule has 0 atom stereocenters. The van der Waals surface area contributed by atoms with Crippen molar-refractivity contribution in [3.8, 4) is 0 Å². The minimum absolute atomic E-state index is 0.153. The van der Waals surface area contributed by atoms with Crippen LogP contribution in [0.4, 0.5) is 0 Å². The van der Waals surface area contributed by atoms with Crippen LogP contribution < -0.4 is 10.9 Å². The molecule has 1 saturated carbocycles. The number of hydrogen-bond donors (Lipinski definition) is 2. The van der Waals surface area contributed by atoms with Crippen LogP contribution in [0.5, 0.6) is 0 Å². The van der Waals surface area contributed by atoms with Gasteiger partial charge in [0, 0.05) is 17.9 Å². The van der Waals surface area contributed by atoms with Crippen LogP contribution in [0.2, 0.25) is 0 Å². The third-order valence-electron chi connectivity index (χ3n) is 4.09. The molecule has 2 N–H and O–H groups in total. The Morgan fingerprint density at radius 3 is 2.55 bits per heavy atom. The van der Waals surface area contributed by atoms with Crippen LogP contribution in [0.25, 0.3) is 0 Å². The lowest BCUT2D eigenvalue weighted by molar-refractivity contribution is -0.124. The van der Waals surface area contributed by atoms with E-state index in [9.17, 15) is 9.59 Å². The zero-order valence-corrected chi connectivity index (χ0v) is 13.7. The molecule has 0 unspecified atom stereocenters. The number of carbonyl (C=O) groups is 1. The first kappa shape index (κ1) is 16.6. The standard InChI is InChI=1S/C16H26N4O2/c1-16(2,3)15-18-14(22)12(19-20-15)9-6-10-17-13(21)11-7-4-5-8-11/h11H,4-10H2,1-3H3,(H,17,21)(H,18,20,22). The number of aryl methyl sites for hydroxylation is 1. The normalized spacial score (nSPS) is 16.0. The Morgan fingerprint density at radius 2 is 1.95 bits per heavy atom. The van der Waals surface area contributed by atoms with E-state index < -0.39 is 0 Å². The molecule has 0 spiro atoms. The van der Waals surface area contributed by atoms with Crippen molar-refractivity contribution in [1.29, 1.82) is 0 Å². The average Bonchev–Trinajstić information content (AvgIpc) is 2.97. The second-order valence-electron chi connectivity index (χ2n) is 7.08. The summed E-state index contributed by atoms with van der Waals surface area (Å²) >= 11 is 0. The zero-order valence-electron chi connectivity index (χ0n) is 13.7. The van der Waals surface area contributed by atoms with Gasteiger partial charge in [-0.1, -0.05) is 33.6 Å². The van der Waals surface area contributed by atoms with Crippen molar-refractivity contribution >= 4 is 5.91 Å². The first-order chi connectivity index (χ1) is 10.4. The fourth-order valence-corrected chi connectivity index (χ4v) is 2.66. The summed E-state index contributed by atoms with van der Waals surface area (Å²) < 4.78 is 0. The number of rotatable bonds is 5. The summed E-state index contributed by atoms with van der Waals surface area (Å²) in [4.78, 5) is 26.6. The maximum absolute atomic E-state index is 12.0. The molecule has 0 saturated heterocycles. The predicted octanol–water partition coefficient (Wildman–Crippen LogP) is 1.70. The highest BCUT2D eigenvalue weighted by Gasteiger charge is 2.22. The molecule has 1 amide bonds. The van der Waals surface area contributed by atoms with Gasteiger partial charge >= 0.3 is 0 Å². The summed E-state index contributed by atoms with van der Waals surface area (Å²) in [6.07, 6.45) is 5.55. The molecule has 1 aromatic rings. The summed E-state index contributed by atoms with van der Waals surface area (Å²) in [7, 11) is 0. The maximum atomic E-state index is 12.0. The third-order valence-corrected chi connectivity index (χ3v) is 4.09. The zero-order chi connectivity index (χ0) is 16.2. The van der Waals surface area contributed by atoms with E-state index >= 15 is 0 Å². The van der Waals surface area contributed by atoms with Gasteiger partial charge < -0.3 is 10.3 Å². The smallest absolute Gasteiger partial charge is 0.272 e. The predicted molar refractivity (Wildman–Crippen MR) is 84.6 cm³/mol. The van der Waals surface area contributed by atoms with Crippen LogP contribution in [0.15, 0.2) is 4.79 Å². The number of carbonyl (C=O) groups excluding carboxylic acids is 1. The van der Waals surface area contributed by atoms with Crippen molar-refractivity contribution in [2.24, 2.45) is 5.92 Å². The van der Waals surface area contributed by atoms with Crippen molar-refractivity contribution in [1.82, 2.24) is 20.5 Å². The SMILES string of the molecule is CC(C)(C)c1nnc(CCCNC(=O)C2CCCC2)c(=O)[nH]1. The highest BCUT2D eigenvalue weighted by Crippen LogP contribution is 2.24. The molecular formula is C16H26N4O2. The Balaban J connectivity index is 1.79. The highest BCUT2D eigenvalue weighted by molar-refractivity contribution is 5.78. The lowest BCUT2D eigenvalue weighted by atomic mass is 9.96. The molecular weight excluding hydrogens is 280 g/mol. The van der Waals surface area contributed by atoms with Crippen LogP contribution >= 0.6 is 0 Å². The Kier molecular flexibility index (Phi) is 5.32. The molecule has 22 heavy (non-hydrogen) atoms. The van der Waals surface area contributed by atoms with Gasteiger partial charge in [0.25, 0.3) is 5.56 Å². The number of aromatic nitrogens is 3. The van der Waals surface area contributed by atoms with Gasteiger partial charge in [0.05, 0.1) is 0 Å². The van der Waals surface area contributed by atoms with E-state index in [0.29, 0.717) is 30.9 Å². The van der Waals surface area contributed by atoms with Crippen LogP contribution in [0.3, 0.4) is 0 Å². The molecule has 0 bridgehead atoms. The molecule has 1 fully saturated rings. The number of amides is 1. The van der Waals surface area contributed by atoms with Crippen molar-refractivity contribution < 1.29 is 4.79 Å². The Bertz CT molecular complexity index is 568. The van der Waals surface area contributed by atoms with Crippen molar-refractivity contribution in [3.63, 3.8) is 0 Å². The molecule has 0 aliphatic heterocycles. The van der Waals surface area contributed by atoms with Gasteiger partial charge in [-0.15, -0.1) is 10.2 Å². The van der Waals surface area contributed by atoms with E-state index in [1.54, 1.807) is 0 Å². The van der Waals surface area contributed by atoms with E-state index in [4.69, 9.17) is 0 Å². The van der Waals surface area contributed by atoms with E-state index in [1.165, 1.54) is 0 Å². The lowest BCUT2D eigenvalue weighted by Gasteiger charge is -2.15. The van der Waals surface area contributed by atoms with E-state index in [-0.39, 0.29) is 22.8 Å². The average molecular weight is 306 g/mol. The second kappa shape index (κ2) is 7.03. The fourth-order valence-electron chi connectivity index (χ4n) is 2.66. The van der Waals surface area contributed by atoms with Crippen molar-refractivity contribution in [3.05, 3.63) is 21.9 Å². The fraction of sp³-hybridized carbons (Fsp3) is 0.750. The first-order valence-electron chi connectivity index (χ1n) is 8.12. The third kappa shape index (κ3) is 4.39. The summed E-state index contributed by atoms with van der Waals surface area (Å²) in [6, 6.07) is 0. The second-order valence-corrected chi connectivity index (χ2v) is 7.08. The topological polar surface area (TPSA) is 87.7 Å². The molecule has 1 aliphatic rings. The van der Waals surface area contributed by atoms with E-state index in [1.807, 2.05) is 20.8 Å². The van der Waals surface area contributed by atoms with E-state index in [0.717, 1.165) is 25.7 Å². The van der Waals surface area contributed by atoms with Crippen molar-refractivity contribution in [2.45, 2.75) is 64.7 Å². The number of nitrogens with one attached hydrogen (secondary N) is 2. The molecule has 2 rings (SSSR count). The van der Waals surface area contributed by atoms with Gasteiger partial charge in [0.2, 0.25) is 5.91 Å². The largest absolute Gasteiger partial charge is 0.356 e. The summed E-state index contributed by atoms with van der Waals surface area (Å²) in [6.45, 7) is 6.51. The quantitative estimate of drug-likeness (QED) is 0.811. The van der Waals surface area contributed by atoms with Crippen LogP contribution in [0.1, 0.15) is 64.4 Å². The Hall–Kier alpha value is -1.72. The van der Waals surface area contributed by atoms with Crippen LogP contribution in [0, 0.1) is 5.92 Å². The molecule has 1 aromatic heterocycles. The highest BCUT2D eigenvalue weighted by atomic mass is 16.2. The summed E-state index contributed by atoms with van der Waals surface area (Å²) in [5, 5.41) is 11.1. The first-order valence-corrected chi connectivity index (χ1v) is 8.12. The molecule has 6 heteroatoms. The number of aromatic amines is 1. The number of H-pyrrole nitrogens is 1. The molecule has 0 radical (unpaired) electrons. The van der Waals surface area contributed by atoms with Gasteiger partial charge in [0.1, 0.15) is 11.5 Å². The molecule has 6 nitrogen and oxygen atoms in total. The van der Waals surface area contributed by atoms with Crippen LogP contribution in [-0.2, 0) is 16.6 Å². The number of hydrogen-bond acceptors (Lipinski definition) is 4. The van der Waals surface area contributed by atoms with Gasteiger partial charge in [-0.05, 0) is 25.7 Å². The van der Waals surface area contributed by atoms with Crippen LogP contribution in [-0.4, -0.2) is 27.6 Å². The van der Waals surface area contributed by atoms with Gasteiger partial charge in [-0.25, -0.2) is 0 Å². The molecule has 1 heterocycles. The van der Waals surface area contributed by atoms with Gasteiger partial charge in [-0.3, -0.25) is 9.59 Å².